The Labute approximate surface area is 262 Å². The average molecular weight is 695 g/mol. The van der Waals surface area contributed by atoms with Crippen molar-refractivity contribution < 1.29 is 46.4 Å². The van der Waals surface area contributed by atoms with E-state index in [2.05, 4.69) is 20.2 Å². The van der Waals surface area contributed by atoms with Crippen LogP contribution in [0.2, 0.25) is 10.0 Å². The van der Waals surface area contributed by atoms with Gasteiger partial charge < -0.3 is 20.1 Å². The molecule has 0 bridgehead atoms. The highest BCUT2D eigenvalue weighted by molar-refractivity contribution is 7.17. The maximum absolute atomic E-state index is 15.1. The average Bonchev–Trinajstić information content (AvgIpc) is 3.74. The van der Waals surface area contributed by atoms with Crippen molar-refractivity contribution in [1.82, 2.24) is 29.5 Å². The minimum atomic E-state index is -5.07. The van der Waals surface area contributed by atoms with Crippen molar-refractivity contribution in [1.29, 1.82) is 0 Å². The number of benzene rings is 2. The van der Waals surface area contributed by atoms with Crippen LogP contribution in [0.25, 0.3) is 27.0 Å². The summed E-state index contributed by atoms with van der Waals surface area (Å²) >= 11 is 12.7. The van der Waals surface area contributed by atoms with E-state index in [0.29, 0.717) is 10.7 Å². The fraction of sp³-hybridized carbons (Fsp3) is 0.308. The van der Waals surface area contributed by atoms with E-state index in [4.69, 9.17) is 27.9 Å². The molecule has 45 heavy (non-hydrogen) atoms. The first-order valence-electron chi connectivity index (χ1n) is 12.8. The molecular formula is C26H18Cl2F6N6O4S. The van der Waals surface area contributed by atoms with Gasteiger partial charge in [0.2, 0.25) is 0 Å². The monoisotopic (exact) mass is 694 g/mol. The van der Waals surface area contributed by atoms with E-state index in [1.54, 1.807) is 0 Å². The summed E-state index contributed by atoms with van der Waals surface area (Å²) in [4.78, 5) is 8.10. The first-order valence-corrected chi connectivity index (χ1v) is 14.4. The summed E-state index contributed by atoms with van der Waals surface area (Å²) in [5, 5.41) is 39.5. The molecule has 0 spiro atoms. The maximum Gasteiger partial charge on any atom is 0.418 e. The minimum Gasteiger partial charge on any atom is -0.394 e. The number of thiazole rings is 1. The van der Waals surface area contributed by atoms with Gasteiger partial charge in [-0.25, -0.2) is 27.8 Å². The van der Waals surface area contributed by atoms with Gasteiger partial charge in [0, 0.05) is 17.3 Å². The van der Waals surface area contributed by atoms with Crippen LogP contribution in [-0.2, 0) is 10.9 Å². The lowest BCUT2D eigenvalue weighted by molar-refractivity contribution is -0.210. The Kier molecular flexibility index (Phi) is 8.08. The minimum absolute atomic E-state index is 0.00342. The summed E-state index contributed by atoms with van der Waals surface area (Å²) < 4.78 is 93.3. The van der Waals surface area contributed by atoms with Gasteiger partial charge in [-0.2, -0.15) is 23.4 Å². The molecular weight excluding hydrogens is 677 g/mol. The molecule has 1 aliphatic heterocycles. The van der Waals surface area contributed by atoms with Crippen LogP contribution >= 0.6 is 34.5 Å². The van der Waals surface area contributed by atoms with Crippen molar-refractivity contribution in [2.45, 2.75) is 43.6 Å². The zero-order chi connectivity index (χ0) is 32.5. The van der Waals surface area contributed by atoms with E-state index in [1.807, 2.05) is 0 Å². The summed E-state index contributed by atoms with van der Waals surface area (Å²) in [5.74, 6) is -4.47. The van der Waals surface area contributed by atoms with E-state index in [9.17, 15) is 37.3 Å². The quantitative estimate of drug-likeness (QED) is 0.169. The number of halogens is 8. The predicted octanol–water partition coefficient (Wildman–Crippen LogP) is 5.19. The Morgan fingerprint density at radius 2 is 1.82 bits per heavy atom. The highest BCUT2D eigenvalue weighted by Gasteiger charge is 2.49. The number of fused-ring (bicyclic) bond motifs is 1. The Morgan fingerprint density at radius 3 is 2.51 bits per heavy atom. The zero-order valence-corrected chi connectivity index (χ0v) is 24.7. The van der Waals surface area contributed by atoms with E-state index >= 15 is 4.39 Å². The lowest BCUT2D eigenvalue weighted by Crippen LogP contribution is -2.53. The van der Waals surface area contributed by atoms with Gasteiger partial charge in [-0.15, -0.1) is 11.3 Å². The molecule has 2 aromatic carbocycles. The lowest BCUT2D eigenvalue weighted by Gasteiger charge is -2.42. The number of hydrogen-bond acceptors (Lipinski definition) is 9. The SMILES string of the molecule is Cc1nc([C@@H]2O[C@H](CO)[C@H](O)[C@H](n3cc(-c4c(F)c(F)c(Cl)c5ncsc45)cn3)[C@H]2O)n(-c2cc(Cl)c(F)cc2C(F)(F)F)n1. The third kappa shape index (κ3) is 5.25. The fourth-order valence-electron chi connectivity index (χ4n) is 5.24. The Hall–Kier alpha value is -3.32. The highest BCUT2D eigenvalue weighted by Crippen LogP contribution is 2.43. The van der Waals surface area contributed by atoms with E-state index in [0.717, 1.165) is 22.2 Å². The van der Waals surface area contributed by atoms with Gasteiger partial charge in [0.25, 0.3) is 0 Å². The normalized spacial score (nSPS) is 22.4. The number of rotatable bonds is 5. The molecule has 6 rings (SSSR count). The second-order valence-electron chi connectivity index (χ2n) is 10.0. The molecule has 0 saturated carbocycles. The van der Waals surface area contributed by atoms with Crippen LogP contribution in [0.4, 0.5) is 26.3 Å². The molecule has 3 aromatic heterocycles. The van der Waals surface area contributed by atoms with Crippen molar-refractivity contribution in [2.75, 3.05) is 6.61 Å². The molecule has 3 N–H and O–H groups in total. The molecule has 1 fully saturated rings. The Bertz CT molecular complexity index is 1930. The topological polar surface area (TPSA) is 131 Å². The van der Waals surface area contributed by atoms with Crippen LogP contribution in [0, 0.1) is 24.4 Å². The number of hydrogen-bond donors (Lipinski definition) is 3. The van der Waals surface area contributed by atoms with Crippen LogP contribution in [0.15, 0.2) is 30.0 Å². The standard InChI is InChI=1S/C26H18Cl2F6N6O4S/c1-8-37-25(40(38-8)13-3-11(27)12(29)2-10(13)26(32,33)34)23-22(43)20(21(42)14(6-41)44-23)39-5-9(4-36-39)15-17(30)18(31)16(28)19-24(15)45-7-35-19/h2-5,7,14,20-23,41-43H,6H2,1H3/t14-,20+,21+,22-,23-/m1/s1. The van der Waals surface area contributed by atoms with Gasteiger partial charge in [0.1, 0.15) is 52.6 Å². The van der Waals surface area contributed by atoms with Gasteiger partial charge in [0.15, 0.2) is 17.5 Å². The molecule has 0 radical (unpaired) electrons. The smallest absolute Gasteiger partial charge is 0.394 e. The molecule has 1 saturated heterocycles. The number of ether oxygens (including phenoxy) is 1. The third-order valence-corrected chi connectivity index (χ3v) is 8.74. The molecule has 0 unspecified atom stereocenters. The fourth-order valence-corrected chi connectivity index (χ4v) is 6.53. The van der Waals surface area contributed by atoms with Crippen molar-refractivity contribution in [3.63, 3.8) is 0 Å². The Balaban J connectivity index is 1.45. The highest BCUT2D eigenvalue weighted by atomic mass is 35.5. The molecule has 0 amide bonds. The molecule has 19 heteroatoms. The molecule has 0 aliphatic carbocycles. The van der Waals surface area contributed by atoms with Gasteiger partial charge in [-0.05, 0) is 19.1 Å². The molecule has 238 valence electrons. The van der Waals surface area contributed by atoms with Crippen molar-refractivity contribution in [3.8, 4) is 16.8 Å². The van der Waals surface area contributed by atoms with E-state index in [1.165, 1.54) is 18.6 Å². The Morgan fingerprint density at radius 1 is 1.09 bits per heavy atom. The summed E-state index contributed by atoms with van der Waals surface area (Å²) in [6.07, 6.45) is -9.36. The lowest BCUT2D eigenvalue weighted by atomic mass is 9.92. The molecule has 1 aliphatic rings. The van der Waals surface area contributed by atoms with Crippen LogP contribution in [0.3, 0.4) is 0 Å². The molecule has 10 nitrogen and oxygen atoms in total. The second-order valence-corrected chi connectivity index (χ2v) is 11.7. The number of aliphatic hydroxyl groups is 3. The number of alkyl halides is 3. The largest absolute Gasteiger partial charge is 0.418 e. The third-order valence-electron chi connectivity index (χ3n) is 7.26. The van der Waals surface area contributed by atoms with Gasteiger partial charge in [-0.1, -0.05) is 23.2 Å². The van der Waals surface area contributed by atoms with E-state index < -0.39 is 87.8 Å². The predicted molar refractivity (Wildman–Crippen MR) is 148 cm³/mol. The van der Waals surface area contributed by atoms with Gasteiger partial charge >= 0.3 is 6.18 Å². The van der Waals surface area contributed by atoms with Crippen molar-refractivity contribution >= 4 is 44.8 Å². The van der Waals surface area contributed by atoms with Crippen molar-refractivity contribution in [2.24, 2.45) is 0 Å². The van der Waals surface area contributed by atoms with E-state index in [-0.39, 0.29) is 33.2 Å². The summed E-state index contributed by atoms with van der Waals surface area (Å²) in [6, 6.07) is -0.609. The van der Waals surface area contributed by atoms with Gasteiger partial charge in [-0.3, -0.25) is 4.68 Å². The summed E-state index contributed by atoms with van der Waals surface area (Å²) in [7, 11) is 0. The van der Waals surface area contributed by atoms with Crippen LogP contribution in [0.5, 0.6) is 0 Å². The van der Waals surface area contributed by atoms with Crippen molar-refractivity contribution in [3.05, 3.63) is 74.7 Å². The summed E-state index contributed by atoms with van der Waals surface area (Å²) in [5.41, 5.74) is -1.09. The number of aromatic nitrogens is 6. The molecule has 5 aromatic rings. The number of aryl methyl sites for hydroxylation is 1. The molecule has 5 atom stereocenters. The van der Waals surface area contributed by atoms with Crippen LogP contribution in [-0.4, -0.2) is 69.8 Å². The second kappa shape index (κ2) is 11.5. The number of nitrogens with zero attached hydrogens (tertiary/aromatic N) is 6. The first kappa shape index (κ1) is 31.7. The zero-order valence-electron chi connectivity index (χ0n) is 22.3. The summed E-state index contributed by atoms with van der Waals surface area (Å²) in [6.45, 7) is 0.514. The van der Waals surface area contributed by atoms with Crippen LogP contribution < -0.4 is 0 Å². The van der Waals surface area contributed by atoms with Crippen LogP contribution in [0.1, 0.15) is 29.4 Å². The maximum atomic E-state index is 15.1. The van der Waals surface area contributed by atoms with Gasteiger partial charge in [0.05, 0.1) is 39.3 Å². The number of aliphatic hydroxyl groups excluding tert-OH is 3. The first-order chi connectivity index (χ1) is 21.2. The molecule has 4 heterocycles.